The highest BCUT2D eigenvalue weighted by atomic mass is 79.9. The number of hydrogen-bond donors (Lipinski definition) is 2. The van der Waals surface area contributed by atoms with E-state index in [1.54, 1.807) is 0 Å². The fourth-order valence-electron chi connectivity index (χ4n) is 0.820. The molecule has 1 amide bonds. The Balaban J connectivity index is 0.000000720. The topological polar surface area (TPSA) is 91.8 Å². The van der Waals surface area contributed by atoms with Gasteiger partial charge < -0.3 is 17.0 Å². The lowest BCUT2D eigenvalue weighted by molar-refractivity contribution is -0.126. The zero-order chi connectivity index (χ0) is 7.84. The van der Waals surface area contributed by atoms with Crippen molar-refractivity contribution in [3.63, 3.8) is 0 Å². The van der Waals surface area contributed by atoms with Crippen molar-refractivity contribution in [2.45, 2.75) is 0 Å². The fraction of sp³-hybridized carbons (Fsp3) is 0. The summed E-state index contributed by atoms with van der Waals surface area (Å²) in [6.07, 6.45) is 1.27. The molecule has 6 nitrogen and oxygen atoms in total. The summed E-state index contributed by atoms with van der Waals surface area (Å²) in [7, 11) is 0. The zero-order valence-electron chi connectivity index (χ0n) is 5.78. The van der Waals surface area contributed by atoms with Crippen molar-refractivity contribution < 1.29 is 27.2 Å². The van der Waals surface area contributed by atoms with Gasteiger partial charge in [0.05, 0.1) is 0 Å². The van der Waals surface area contributed by atoms with E-state index in [4.69, 9.17) is 5.41 Å². The van der Waals surface area contributed by atoms with Gasteiger partial charge in [0.25, 0.3) is 5.84 Å². The van der Waals surface area contributed by atoms with Crippen LogP contribution in [-0.2, 0) is 4.79 Å². The Bertz CT molecular complexity index is 342. The SMILES string of the molecule is [Br-].[NH2+]=C1N=C2N=CN=C2C(=O)N1. The number of rotatable bonds is 0. The molecule has 0 aromatic rings. The first kappa shape index (κ1) is 8.72. The molecule has 2 aliphatic heterocycles. The first-order valence-corrected chi connectivity index (χ1v) is 2.90. The van der Waals surface area contributed by atoms with Crippen molar-refractivity contribution in [1.82, 2.24) is 5.32 Å². The third-order valence-electron chi connectivity index (χ3n) is 1.26. The number of nitrogens with zero attached hydrogens (tertiary/aromatic N) is 3. The Labute approximate surface area is 77.8 Å². The minimum absolute atomic E-state index is 0. The molecular formula is C5H4BrN5O. The number of amidine groups is 1. The predicted molar refractivity (Wildman–Crippen MR) is 38.4 cm³/mol. The van der Waals surface area contributed by atoms with Crippen LogP contribution in [0.2, 0.25) is 0 Å². The highest BCUT2D eigenvalue weighted by Gasteiger charge is 2.32. The number of amides is 1. The summed E-state index contributed by atoms with van der Waals surface area (Å²) in [5, 5.41) is 7.56. The van der Waals surface area contributed by atoms with E-state index in [-0.39, 0.29) is 40.4 Å². The molecule has 0 aromatic carbocycles. The van der Waals surface area contributed by atoms with E-state index < -0.39 is 0 Å². The molecule has 0 fully saturated rings. The van der Waals surface area contributed by atoms with E-state index in [1.165, 1.54) is 6.34 Å². The fourth-order valence-corrected chi connectivity index (χ4v) is 0.820. The van der Waals surface area contributed by atoms with Gasteiger partial charge in [0.2, 0.25) is 5.71 Å². The van der Waals surface area contributed by atoms with Gasteiger partial charge in [0.15, 0.2) is 0 Å². The van der Waals surface area contributed by atoms with Gasteiger partial charge in [-0.2, -0.15) is 4.99 Å². The molecular weight excluding hydrogens is 226 g/mol. The summed E-state index contributed by atoms with van der Waals surface area (Å²) in [6, 6.07) is 0. The van der Waals surface area contributed by atoms with Gasteiger partial charge >= 0.3 is 11.9 Å². The molecule has 2 aliphatic rings. The Morgan fingerprint density at radius 1 is 1.50 bits per heavy atom. The van der Waals surface area contributed by atoms with Crippen LogP contribution in [0.4, 0.5) is 0 Å². The Morgan fingerprint density at radius 3 is 3.00 bits per heavy atom. The van der Waals surface area contributed by atoms with Crippen LogP contribution in [0.5, 0.6) is 0 Å². The first-order chi connectivity index (χ1) is 5.27. The summed E-state index contributed by atoms with van der Waals surface area (Å²) in [5.41, 5.74) is 0.221. The quantitative estimate of drug-likeness (QED) is 0.426. The van der Waals surface area contributed by atoms with Gasteiger partial charge in [-0.25, -0.2) is 15.1 Å². The second-order valence-electron chi connectivity index (χ2n) is 2.00. The van der Waals surface area contributed by atoms with E-state index in [9.17, 15) is 4.79 Å². The monoisotopic (exact) mass is 229 g/mol. The van der Waals surface area contributed by atoms with E-state index in [2.05, 4.69) is 20.3 Å². The zero-order valence-corrected chi connectivity index (χ0v) is 7.37. The Morgan fingerprint density at radius 2 is 2.25 bits per heavy atom. The minimum atomic E-state index is -0.356. The first-order valence-electron chi connectivity index (χ1n) is 2.90. The highest BCUT2D eigenvalue weighted by Crippen LogP contribution is 1.98. The number of carbonyl (C=O) groups excluding carboxylic acids is 1. The molecule has 62 valence electrons. The highest BCUT2D eigenvalue weighted by molar-refractivity contribution is 6.71. The lowest BCUT2D eigenvalue weighted by Crippen LogP contribution is -3.00. The lowest BCUT2D eigenvalue weighted by atomic mass is 10.3. The number of hydrogen-bond acceptors (Lipinski definition) is 3. The van der Waals surface area contributed by atoms with E-state index in [1.807, 2.05) is 0 Å². The van der Waals surface area contributed by atoms with Crippen molar-refractivity contribution in [2.75, 3.05) is 0 Å². The maximum absolute atomic E-state index is 11.0. The standard InChI is InChI=1S/C5H3N5O.BrH/c6-5-9-3-2(4(11)10-5)7-1-8-3;/h1H,(H2,6,10,11);1H. The van der Waals surface area contributed by atoms with Crippen LogP contribution in [0.3, 0.4) is 0 Å². The van der Waals surface area contributed by atoms with Crippen LogP contribution in [0.15, 0.2) is 15.0 Å². The van der Waals surface area contributed by atoms with Crippen molar-refractivity contribution in [1.29, 1.82) is 0 Å². The number of nitrogens with one attached hydrogen (secondary N) is 1. The molecule has 0 aliphatic carbocycles. The van der Waals surface area contributed by atoms with Crippen LogP contribution in [0.25, 0.3) is 0 Å². The van der Waals surface area contributed by atoms with Crippen molar-refractivity contribution in [3.8, 4) is 0 Å². The van der Waals surface area contributed by atoms with E-state index in [0.717, 1.165) is 0 Å². The molecule has 0 saturated heterocycles. The molecule has 0 spiro atoms. The third kappa shape index (κ3) is 1.18. The second-order valence-corrected chi connectivity index (χ2v) is 2.00. The Kier molecular flexibility index (Phi) is 2.13. The van der Waals surface area contributed by atoms with Crippen LogP contribution in [0.1, 0.15) is 0 Å². The largest absolute Gasteiger partial charge is 1.00 e. The maximum atomic E-state index is 11.0. The number of fused-ring (bicyclic) bond motifs is 1. The molecule has 7 heteroatoms. The maximum Gasteiger partial charge on any atom is 0.392 e. The smallest absolute Gasteiger partial charge is 0.392 e. The van der Waals surface area contributed by atoms with Crippen LogP contribution in [0, 0.1) is 0 Å². The number of guanidine groups is 1. The minimum Gasteiger partial charge on any atom is -1.00 e. The molecule has 0 radical (unpaired) electrons. The molecule has 3 N–H and O–H groups in total. The summed E-state index contributed by atoms with van der Waals surface area (Å²) in [5.74, 6) is -0.0146. The van der Waals surface area contributed by atoms with Crippen molar-refractivity contribution in [2.24, 2.45) is 15.0 Å². The molecule has 0 atom stereocenters. The van der Waals surface area contributed by atoms with E-state index >= 15 is 0 Å². The van der Waals surface area contributed by atoms with E-state index in [0.29, 0.717) is 0 Å². The lowest BCUT2D eigenvalue weighted by Gasteiger charge is -1.99. The van der Waals surface area contributed by atoms with Crippen LogP contribution < -0.4 is 27.7 Å². The molecule has 0 unspecified atom stereocenters. The number of halogens is 1. The van der Waals surface area contributed by atoms with Gasteiger partial charge in [-0.1, -0.05) is 0 Å². The second kappa shape index (κ2) is 2.94. The number of carbonyl (C=O) groups is 1. The molecule has 2 heterocycles. The predicted octanol–water partition coefficient (Wildman–Crippen LogP) is -5.88. The van der Waals surface area contributed by atoms with Gasteiger partial charge in [0.1, 0.15) is 6.34 Å². The van der Waals surface area contributed by atoms with Crippen molar-refractivity contribution >= 4 is 29.8 Å². The molecule has 2 rings (SSSR count). The van der Waals surface area contributed by atoms with Gasteiger partial charge in [0, 0.05) is 0 Å². The van der Waals surface area contributed by atoms with Crippen LogP contribution in [-0.4, -0.2) is 29.8 Å². The summed E-state index contributed by atoms with van der Waals surface area (Å²) in [6.45, 7) is 0. The van der Waals surface area contributed by atoms with Gasteiger partial charge in [-0.15, -0.1) is 0 Å². The van der Waals surface area contributed by atoms with Crippen molar-refractivity contribution in [3.05, 3.63) is 0 Å². The number of aliphatic imine (C=N–C) groups is 3. The number of nitrogens with two attached hydrogens (primary N) is 1. The summed E-state index contributed by atoms with van der Waals surface area (Å²) >= 11 is 0. The van der Waals surface area contributed by atoms with Gasteiger partial charge in [-0.3, -0.25) is 5.41 Å². The average molecular weight is 230 g/mol. The summed E-state index contributed by atoms with van der Waals surface area (Å²) in [4.78, 5) is 22.1. The van der Waals surface area contributed by atoms with Gasteiger partial charge in [-0.05, 0) is 4.99 Å². The normalized spacial score (nSPS) is 19.0. The third-order valence-corrected chi connectivity index (χ3v) is 1.26. The molecule has 0 aromatic heterocycles. The molecule has 0 bridgehead atoms. The van der Waals surface area contributed by atoms with Crippen LogP contribution >= 0.6 is 0 Å². The molecule has 0 saturated carbocycles. The molecule has 12 heavy (non-hydrogen) atoms. The summed E-state index contributed by atoms with van der Waals surface area (Å²) < 4.78 is 0. The Hall–Kier alpha value is -1.37. The average Bonchev–Trinajstić information content (AvgIpc) is 2.34.